The number of phenols is 2. The number of primary amides is 1. The number of hydrogen-bond acceptors (Lipinski definition) is 6. The Labute approximate surface area is 126 Å². The highest BCUT2D eigenvalue weighted by molar-refractivity contribution is 5.92. The number of aromatic nitrogens is 1. The zero-order valence-electron chi connectivity index (χ0n) is 11.7. The molecule has 22 heavy (non-hydrogen) atoms. The average molecular weight is 308 g/mol. The third kappa shape index (κ3) is 6.35. The molecular formula is C14H16N2O6. The highest BCUT2D eigenvalue weighted by atomic mass is 16.4. The molecule has 0 aliphatic rings. The number of aliphatic hydroxyl groups excluding tert-OH is 1. The molecule has 0 saturated heterocycles. The van der Waals surface area contributed by atoms with Gasteiger partial charge in [0.1, 0.15) is 17.1 Å². The summed E-state index contributed by atoms with van der Waals surface area (Å²) >= 11 is 0. The number of nitrogens with two attached hydrogens (primary N) is 1. The molecule has 1 heterocycles. The molecule has 1 aromatic carbocycles. The number of pyridine rings is 1. The van der Waals surface area contributed by atoms with Crippen molar-refractivity contribution in [1.82, 2.24) is 4.98 Å². The molecule has 0 aliphatic carbocycles. The van der Waals surface area contributed by atoms with Gasteiger partial charge in [-0.2, -0.15) is 0 Å². The zero-order chi connectivity index (χ0) is 17.1. The number of nitrogens with zero attached hydrogens (tertiary/aromatic N) is 1. The number of carboxylic acid groups (broad SMARTS) is 1. The Kier molecular flexibility index (Phi) is 8.34. The number of rotatable bonds is 2. The van der Waals surface area contributed by atoms with Gasteiger partial charge in [-0.1, -0.05) is 0 Å². The smallest absolute Gasteiger partial charge is 0.339 e. The molecule has 0 aliphatic heterocycles. The lowest BCUT2D eigenvalue weighted by atomic mass is 10.2. The summed E-state index contributed by atoms with van der Waals surface area (Å²) in [4.78, 5) is 24.4. The van der Waals surface area contributed by atoms with Crippen LogP contribution in [0, 0.1) is 0 Å². The van der Waals surface area contributed by atoms with Gasteiger partial charge in [0, 0.05) is 25.6 Å². The molecule has 118 valence electrons. The molecule has 0 atom stereocenters. The largest absolute Gasteiger partial charge is 0.508 e. The summed E-state index contributed by atoms with van der Waals surface area (Å²) in [7, 11) is 1.00. The number of carbonyl (C=O) groups excluding carboxylic acids is 1. The Balaban J connectivity index is 0.000000366. The lowest BCUT2D eigenvalue weighted by molar-refractivity contribution is 0.0693. The second kappa shape index (κ2) is 9.72. The average Bonchev–Trinajstić information content (AvgIpc) is 2.50. The van der Waals surface area contributed by atoms with Crippen LogP contribution < -0.4 is 5.73 Å². The van der Waals surface area contributed by atoms with Crippen LogP contribution in [0.4, 0.5) is 0 Å². The van der Waals surface area contributed by atoms with Crippen LogP contribution in [0.2, 0.25) is 0 Å². The molecule has 0 bridgehead atoms. The molecule has 0 fully saturated rings. The topological polar surface area (TPSA) is 154 Å². The normalized spacial score (nSPS) is 8.64. The summed E-state index contributed by atoms with van der Waals surface area (Å²) in [6.07, 6.45) is 3.02. The third-order valence-corrected chi connectivity index (χ3v) is 2.16. The Morgan fingerprint density at radius 2 is 1.77 bits per heavy atom. The van der Waals surface area contributed by atoms with Crippen LogP contribution in [0.25, 0.3) is 0 Å². The van der Waals surface area contributed by atoms with E-state index in [4.69, 9.17) is 26.2 Å². The second-order valence-corrected chi connectivity index (χ2v) is 3.61. The van der Waals surface area contributed by atoms with E-state index in [0.29, 0.717) is 5.56 Å². The van der Waals surface area contributed by atoms with Gasteiger partial charge in [-0.25, -0.2) is 4.79 Å². The van der Waals surface area contributed by atoms with Crippen molar-refractivity contribution in [3.05, 3.63) is 53.9 Å². The summed E-state index contributed by atoms with van der Waals surface area (Å²) < 4.78 is 0. The van der Waals surface area contributed by atoms with E-state index in [2.05, 4.69) is 4.98 Å². The first-order chi connectivity index (χ1) is 10.4. The van der Waals surface area contributed by atoms with Crippen molar-refractivity contribution in [1.29, 1.82) is 0 Å². The summed E-state index contributed by atoms with van der Waals surface area (Å²) in [5.41, 5.74) is 5.16. The molecular weight excluding hydrogens is 292 g/mol. The van der Waals surface area contributed by atoms with Crippen molar-refractivity contribution < 1.29 is 30.0 Å². The first kappa shape index (κ1) is 18.9. The van der Waals surface area contributed by atoms with Crippen LogP contribution in [0.1, 0.15) is 20.7 Å². The molecule has 2 aromatic rings. The molecule has 1 aromatic heterocycles. The Morgan fingerprint density at radius 3 is 2.14 bits per heavy atom. The predicted octanol–water partition coefficient (Wildman–Crippen LogP) is 0.585. The lowest BCUT2D eigenvalue weighted by Crippen LogP contribution is -2.10. The summed E-state index contributed by atoms with van der Waals surface area (Å²) in [6, 6.07) is 6.59. The van der Waals surface area contributed by atoms with Crippen LogP contribution in [0.5, 0.6) is 11.5 Å². The number of aliphatic hydroxyl groups is 1. The minimum absolute atomic E-state index is 0.160. The molecule has 0 spiro atoms. The Bertz CT molecular complexity index is 616. The fraction of sp³-hybridized carbons (Fsp3) is 0.0714. The van der Waals surface area contributed by atoms with Gasteiger partial charge in [0.2, 0.25) is 5.91 Å². The van der Waals surface area contributed by atoms with Gasteiger partial charge in [-0.05, 0) is 24.3 Å². The molecule has 6 N–H and O–H groups in total. The molecule has 0 saturated carbocycles. The molecule has 2 rings (SSSR count). The second-order valence-electron chi connectivity index (χ2n) is 3.61. The van der Waals surface area contributed by atoms with E-state index in [1.807, 2.05) is 0 Å². The number of hydrogen-bond donors (Lipinski definition) is 5. The van der Waals surface area contributed by atoms with Crippen molar-refractivity contribution in [3.63, 3.8) is 0 Å². The monoisotopic (exact) mass is 308 g/mol. The summed E-state index contributed by atoms with van der Waals surface area (Å²) in [5, 5.41) is 33.1. The first-order valence-electron chi connectivity index (χ1n) is 5.81. The van der Waals surface area contributed by atoms with Crippen LogP contribution in [0.15, 0.2) is 42.7 Å². The van der Waals surface area contributed by atoms with Crippen molar-refractivity contribution in [2.24, 2.45) is 5.73 Å². The van der Waals surface area contributed by atoms with Crippen molar-refractivity contribution in [3.8, 4) is 11.5 Å². The van der Waals surface area contributed by atoms with E-state index in [-0.39, 0.29) is 11.3 Å². The predicted molar refractivity (Wildman–Crippen MR) is 77.6 cm³/mol. The standard InChI is InChI=1S/C7H6O4.C6H6N2O.CH4O/c8-4-1-2-5(7(10)11)6(9)3-4;7-6(9)5-2-1-3-8-4-5;1-2/h1-3,8-9H,(H,10,11);1-4H,(H2,7,9);2H,1H3. The number of carbonyl (C=O) groups is 2. The molecule has 0 radical (unpaired) electrons. The van der Waals surface area contributed by atoms with E-state index in [1.165, 1.54) is 12.3 Å². The van der Waals surface area contributed by atoms with Gasteiger partial charge >= 0.3 is 5.97 Å². The Morgan fingerprint density at radius 1 is 1.14 bits per heavy atom. The molecule has 0 unspecified atom stereocenters. The van der Waals surface area contributed by atoms with E-state index in [9.17, 15) is 9.59 Å². The number of aromatic carboxylic acids is 1. The summed E-state index contributed by atoms with van der Waals surface area (Å²) in [5.74, 6) is -2.25. The lowest BCUT2D eigenvalue weighted by Gasteiger charge is -1.97. The fourth-order valence-corrected chi connectivity index (χ4v) is 1.21. The van der Waals surface area contributed by atoms with E-state index < -0.39 is 17.6 Å². The molecule has 8 nitrogen and oxygen atoms in total. The number of amides is 1. The fourth-order valence-electron chi connectivity index (χ4n) is 1.21. The highest BCUT2D eigenvalue weighted by Crippen LogP contribution is 2.21. The van der Waals surface area contributed by atoms with Crippen LogP contribution in [-0.2, 0) is 0 Å². The quantitative estimate of drug-likeness (QED) is 0.543. The number of phenolic OH excluding ortho intramolecular Hbond substituents is 1. The number of benzene rings is 1. The van der Waals surface area contributed by atoms with Gasteiger partial charge in [0.25, 0.3) is 0 Å². The van der Waals surface area contributed by atoms with E-state index in [1.54, 1.807) is 18.3 Å². The van der Waals surface area contributed by atoms with Crippen molar-refractivity contribution >= 4 is 11.9 Å². The van der Waals surface area contributed by atoms with E-state index in [0.717, 1.165) is 19.2 Å². The van der Waals surface area contributed by atoms with Crippen molar-refractivity contribution in [2.45, 2.75) is 0 Å². The Hall–Kier alpha value is -3.13. The SMILES string of the molecule is CO.NC(=O)c1cccnc1.O=C(O)c1ccc(O)cc1O. The van der Waals surface area contributed by atoms with Gasteiger partial charge < -0.3 is 26.2 Å². The van der Waals surface area contributed by atoms with Crippen LogP contribution >= 0.6 is 0 Å². The molecule has 8 heteroatoms. The zero-order valence-corrected chi connectivity index (χ0v) is 11.7. The number of carboxylic acids is 1. The summed E-state index contributed by atoms with van der Waals surface area (Å²) in [6.45, 7) is 0. The van der Waals surface area contributed by atoms with Gasteiger partial charge in [-0.15, -0.1) is 0 Å². The first-order valence-corrected chi connectivity index (χ1v) is 5.81. The van der Waals surface area contributed by atoms with E-state index >= 15 is 0 Å². The van der Waals surface area contributed by atoms with Crippen LogP contribution in [-0.4, -0.2) is 44.4 Å². The van der Waals surface area contributed by atoms with Gasteiger partial charge in [0.05, 0.1) is 5.56 Å². The maximum absolute atomic E-state index is 10.4. The third-order valence-electron chi connectivity index (χ3n) is 2.16. The minimum Gasteiger partial charge on any atom is -0.508 e. The minimum atomic E-state index is -1.22. The maximum atomic E-state index is 10.4. The van der Waals surface area contributed by atoms with Crippen LogP contribution in [0.3, 0.4) is 0 Å². The number of aromatic hydroxyl groups is 2. The highest BCUT2D eigenvalue weighted by Gasteiger charge is 2.08. The van der Waals surface area contributed by atoms with Crippen molar-refractivity contribution in [2.75, 3.05) is 7.11 Å². The molecule has 1 amide bonds. The van der Waals surface area contributed by atoms with Gasteiger partial charge in [0.15, 0.2) is 0 Å². The van der Waals surface area contributed by atoms with Gasteiger partial charge in [-0.3, -0.25) is 9.78 Å². The maximum Gasteiger partial charge on any atom is 0.339 e.